The Bertz CT molecular complexity index is 1060. The van der Waals surface area contributed by atoms with Crippen LogP contribution in [-0.2, 0) is 26.1 Å². The number of carbonyl (C=O) groups excluding carboxylic acids is 1. The Hall–Kier alpha value is -2.17. The first-order valence-electron chi connectivity index (χ1n) is 9.62. The van der Waals surface area contributed by atoms with Crippen LogP contribution < -0.4 is 11.1 Å². The van der Waals surface area contributed by atoms with E-state index in [-0.39, 0.29) is 24.4 Å². The minimum absolute atomic E-state index is 0.00985. The van der Waals surface area contributed by atoms with Gasteiger partial charge < -0.3 is 11.1 Å². The fourth-order valence-corrected chi connectivity index (χ4v) is 4.97. The monoisotopic (exact) mass is 514 g/mol. The Morgan fingerprint density at radius 2 is 2.06 bits per heavy atom. The average molecular weight is 515 g/mol. The van der Waals surface area contributed by atoms with Crippen molar-refractivity contribution in [1.82, 2.24) is 15.1 Å². The van der Waals surface area contributed by atoms with Crippen molar-refractivity contribution in [2.45, 2.75) is 32.0 Å². The van der Waals surface area contributed by atoms with E-state index in [9.17, 15) is 18.0 Å². The number of thiophene rings is 1. The van der Waals surface area contributed by atoms with Gasteiger partial charge >= 0.3 is 6.18 Å². The molecule has 0 aliphatic rings. The third kappa shape index (κ3) is 5.19. The molecule has 0 fully saturated rings. The second kappa shape index (κ2) is 9.54. The van der Waals surface area contributed by atoms with E-state index in [1.165, 1.54) is 23.5 Å². The maximum atomic E-state index is 13.3. The molecule has 0 bridgehead atoms. The molecule has 10 heteroatoms. The lowest BCUT2D eigenvalue weighted by Crippen LogP contribution is -2.41. The van der Waals surface area contributed by atoms with Gasteiger partial charge in [0.15, 0.2) is 0 Å². The fraction of sp³-hybridized carbons (Fsp3) is 0.333. The van der Waals surface area contributed by atoms with Gasteiger partial charge in [0.05, 0.1) is 26.8 Å². The van der Waals surface area contributed by atoms with E-state index >= 15 is 0 Å². The molecule has 5 nitrogen and oxygen atoms in total. The van der Waals surface area contributed by atoms with Crippen molar-refractivity contribution in [2.24, 2.45) is 12.8 Å². The molecule has 1 unspecified atom stereocenters. The molecule has 1 amide bonds. The number of benzene rings is 1. The average Bonchev–Trinajstić information content (AvgIpc) is 3.29. The molecular weight excluding hydrogens is 493 g/mol. The summed E-state index contributed by atoms with van der Waals surface area (Å²) in [5.41, 5.74) is 6.93. The van der Waals surface area contributed by atoms with Gasteiger partial charge in [0.1, 0.15) is 0 Å². The largest absolute Gasteiger partial charge is 0.416 e. The minimum Gasteiger partial charge on any atom is -0.347 e. The summed E-state index contributed by atoms with van der Waals surface area (Å²) in [6.45, 7) is 2.02. The van der Waals surface area contributed by atoms with Crippen LogP contribution in [0.2, 0.25) is 0 Å². The zero-order valence-electron chi connectivity index (χ0n) is 17.0. The number of halogens is 4. The van der Waals surface area contributed by atoms with Crippen molar-refractivity contribution >= 4 is 33.2 Å². The Labute approximate surface area is 190 Å². The number of carbonyl (C=O) groups is 1. The van der Waals surface area contributed by atoms with Crippen molar-refractivity contribution in [1.29, 1.82) is 0 Å². The van der Waals surface area contributed by atoms with E-state index in [4.69, 9.17) is 5.73 Å². The molecule has 1 atom stereocenters. The first kappa shape index (κ1) is 23.5. The number of nitrogens with two attached hydrogens (primary N) is 1. The second-order valence-electron chi connectivity index (χ2n) is 7.03. The molecule has 3 rings (SSSR count). The Kier molecular flexibility index (Phi) is 7.23. The SMILES string of the molecule is CCc1sc(C(=O)NC(CN)Cc2ccccc2C(F)(F)F)cc1-c1c(Br)cnn1C. The lowest BCUT2D eigenvalue weighted by atomic mass is 9.99. The molecule has 0 spiro atoms. The molecule has 2 aromatic heterocycles. The highest BCUT2D eigenvalue weighted by Crippen LogP contribution is 2.36. The third-order valence-electron chi connectivity index (χ3n) is 4.91. The van der Waals surface area contributed by atoms with Crippen LogP contribution >= 0.6 is 27.3 Å². The van der Waals surface area contributed by atoms with Crippen LogP contribution in [0.15, 0.2) is 41.0 Å². The molecule has 0 radical (unpaired) electrons. The van der Waals surface area contributed by atoms with Gasteiger partial charge in [-0.25, -0.2) is 0 Å². The van der Waals surface area contributed by atoms with Crippen LogP contribution in [0.25, 0.3) is 11.3 Å². The maximum Gasteiger partial charge on any atom is 0.416 e. The predicted molar refractivity (Wildman–Crippen MR) is 119 cm³/mol. The summed E-state index contributed by atoms with van der Waals surface area (Å²) in [6.07, 6.45) is -2.06. The normalized spacial score (nSPS) is 12.7. The fourth-order valence-electron chi connectivity index (χ4n) is 3.41. The quantitative estimate of drug-likeness (QED) is 0.475. The highest BCUT2D eigenvalue weighted by Gasteiger charge is 2.33. The standard InChI is InChI=1S/C21H22BrF3N4OS/c1-3-17-14(19-16(22)11-27-29(19)2)9-18(31-17)20(30)28-13(10-26)8-12-6-4-5-7-15(12)21(23,24)25/h4-7,9,11,13H,3,8,10,26H2,1-2H3,(H,28,30). The number of rotatable bonds is 7. The van der Waals surface area contributed by atoms with Crippen molar-refractivity contribution in [2.75, 3.05) is 6.54 Å². The molecule has 31 heavy (non-hydrogen) atoms. The van der Waals surface area contributed by atoms with Crippen molar-refractivity contribution < 1.29 is 18.0 Å². The molecule has 3 aromatic rings. The zero-order chi connectivity index (χ0) is 22.8. The molecule has 0 saturated heterocycles. The summed E-state index contributed by atoms with van der Waals surface area (Å²) in [5.74, 6) is -0.357. The Morgan fingerprint density at radius 1 is 1.35 bits per heavy atom. The number of nitrogens with one attached hydrogen (secondary N) is 1. The van der Waals surface area contributed by atoms with Crippen LogP contribution in [0.4, 0.5) is 13.2 Å². The van der Waals surface area contributed by atoms with Crippen LogP contribution in [0.5, 0.6) is 0 Å². The first-order chi connectivity index (χ1) is 14.7. The van der Waals surface area contributed by atoms with Crippen LogP contribution in [-0.4, -0.2) is 28.3 Å². The summed E-state index contributed by atoms with van der Waals surface area (Å²) in [7, 11) is 1.82. The summed E-state index contributed by atoms with van der Waals surface area (Å²) in [6, 6.07) is 6.50. The number of alkyl halides is 3. The Morgan fingerprint density at radius 3 is 2.65 bits per heavy atom. The van der Waals surface area contributed by atoms with E-state index in [1.807, 2.05) is 14.0 Å². The van der Waals surface area contributed by atoms with Crippen molar-refractivity contribution in [3.8, 4) is 11.3 Å². The molecule has 0 saturated carbocycles. The molecule has 2 heterocycles. The highest BCUT2D eigenvalue weighted by atomic mass is 79.9. The number of hydrogen-bond donors (Lipinski definition) is 2. The first-order valence-corrected chi connectivity index (χ1v) is 11.2. The number of hydrogen-bond acceptors (Lipinski definition) is 4. The van der Waals surface area contributed by atoms with Gasteiger partial charge in [-0.3, -0.25) is 9.48 Å². The molecule has 0 aliphatic heterocycles. The third-order valence-corrected chi connectivity index (χ3v) is 6.77. The van der Waals surface area contributed by atoms with Gasteiger partial charge in [-0.2, -0.15) is 18.3 Å². The zero-order valence-corrected chi connectivity index (χ0v) is 19.4. The van der Waals surface area contributed by atoms with Crippen LogP contribution in [0.1, 0.15) is 32.6 Å². The summed E-state index contributed by atoms with van der Waals surface area (Å²) >= 11 is 4.84. The number of aromatic nitrogens is 2. The molecular formula is C21H22BrF3N4OS. The number of nitrogens with zero attached hydrogens (tertiary/aromatic N) is 2. The van der Waals surface area contributed by atoms with E-state index in [0.717, 1.165) is 33.1 Å². The van der Waals surface area contributed by atoms with Crippen LogP contribution in [0, 0.1) is 0 Å². The van der Waals surface area contributed by atoms with E-state index < -0.39 is 17.8 Å². The molecule has 166 valence electrons. The molecule has 0 aliphatic carbocycles. The predicted octanol–water partition coefficient (Wildman–Crippen LogP) is 4.79. The topological polar surface area (TPSA) is 72.9 Å². The second-order valence-corrected chi connectivity index (χ2v) is 9.02. The van der Waals surface area contributed by atoms with E-state index in [2.05, 4.69) is 26.3 Å². The van der Waals surface area contributed by atoms with E-state index in [0.29, 0.717) is 4.88 Å². The van der Waals surface area contributed by atoms with Gasteiger partial charge in [0.2, 0.25) is 0 Å². The molecule has 1 aromatic carbocycles. The minimum atomic E-state index is -4.46. The summed E-state index contributed by atoms with van der Waals surface area (Å²) in [4.78, 5) is 14.4. The van der Waals surface area contributed by atoms with Gasteiger partial charge in [0.25, 0.3) is 5.91 Å². The van der Waals surface area contributed by atoms with Gasteiger partial charge in [0, 0.05) is 30.1 Å². The van der Waals surface area contributed by atoms with E-state index in [1.54, 1.807) is 23.0 Å². The lowest BCUT2D eigenvalue weighted by Gasteiger charge is -2.19. The van der Waals surface area contributed by atoms with Gasteiger partial charge in [-0.05, 0) is 46.5 Å². The number of amides is 1. The Balaban J connectivity index is 1.83. The highest BCUT2D eigenvalue weighted by molar-refractivity contribution is 9.10. The molecule has 3 N–H and O–H groups in total. The summed E-state index contributed by atoms with van der Waals surface area (Å²) < 4.78 is 42.4. The smallest absolute Gasteiger partial charge is 0.347 e. The lowest BCUT2D eigenvalue weighted by molar-refractivity contribution is -0.138. The van der Waals surface area contributed by atoms with Crippen LogP contribution in [0.3, 0.4) is 0 Å². The van der Waals surface area contributed by atoms with Gasteiger partial charge in [-0.1, -0.05) is 25.1 Å². The maximum absolute atomic E-state index is 13.3. The van der Waals surface area contributed by atoms with Crippen molar-refractivity contribution in [3.63, 3.8) is 0 Å². The van der Waals surface area contributed by atoms with Gasteiger partial charge in [-0.15, -0.1) is 11.3 Å². The summed E-state index contributed by atoms with van der Waals surface area (Å²) in [5, 5.41) is 7.02. The number of aryl methyl sites for hydroxylation is 2. The van der Waals surface area contributed by atoms with Crippen molar-refractivity contribution in [3.05, 3.63) is 61.9 Å².